The molecule has 2 atom stereocenters. The SMILES string of the molecule is C=C1CCCC[C@@]23N(C(=O)OCC)CC[C@@]12c1cc(F)ccc1N3C. The van der Waals surface area contributed by atoms with Crippen molar-refractivity contribution in [3.63, 3.8) is 0 Å². The van der Waals surface area contributed by atoms with Gasteiger partial charge in [-0.25, -0.2) is 9.18 Å². The van der Waals surface area contributed by atoms with Crippen molar-refractivity contribution in [2.75, 3.05) is 25.1 Å². The zero-order chi connectivity index (χ0) is 17.8. The van der Waals surface area contributed by atoms with Crippen LogP contribution in [0.15, 0.2) is 30.4 Å². The molecule has 134 valence electrons. The molecule has 0 spiro atoms. The van der Waals surface area contributed by atoms with Gasteiger partial charge in [0, 0.05) is 19.3 Å². The van der Waals surface area contributed by atoms with E-state index in [1.807, 2.05) is 24.9 Å². The number of hydrogen-bond donors (Lipinski definition) is 0. The molecule has 1 aliphatic carbocycles. The second-order valence-electron chi connectivity index (χ2n) is 7.35. The van der Waals surface area contributed by atoms with Crippen LogP contribution in [0.25, 0.3) is 0 Å². The summed E-state index contributed by atoms with van der Waals surface area (Å²) in [7, 11) is 2.02. The van der Waals surface area contributed by atoms with Gasteiger partial charge in [-0.3, -0.25) is 4.90 Å². The second-order valence-corrected chi connectivity index (χ2v) is 7.35. The average Bonchev–Trinajstić information content (AvgIpc) is 2.97. The number of fused-ring (bicyclic) bond motifs is 1. The van der Waals surface area contributed by atoms with E-state index in [0.29, 0.717) is 13.2 Å². The zero-order valence-electron chi connectivity index (χ0n) is 15.0. The first-order valence-corrected chi connectivity index (χ1v) is 9.15. The molecule has 1 aromatic carbocycles. The molecule has 1 saturated carbocycles. The van der Waals surface area contributed by atoms with Gasteiger partial charge in [0.15, 0.2) is 0 Å². The van der Waals surface area contributed by atoms with E-state index < -0.39 is 11.1 Å². The number of likely N-dealkylation sites (tertiary alicyclic amines) is 1. The molecule has 25 heavy (non-hydrogen) atoms. The summed E-state index contributed by atoms with van der Waals surface area (Å²) in [5.74, 6) is -0.232. The van der Waals surface area contributed by atoms with E-state index >= 15 is 0 Å². The number of nitrogens with zero attached hydrogens (tertiary/aromatic N) is 2. The monoisotopic (exact) mass is 344 g/mol. The molecule has 1 aromatic rings. The van der Waals surface area contributed by atoms with E-state index in [4.69, 9.17) is 4.74 Å². The Hall–Kier alpha value is -2.04. The fourth-order valence-electron chi connectivity index (χ4n) is 5.59. The smallest absolute Gasteiger partial charge is 0.411 e. The number of hydrogen-bond acceptors (Lipinski definition) is 3. The molecule has 0 N–H and O–H groups in total. The zero-order valence-corrected chi connectivity index (χ0v) is 15.0. The van der Waals surface area contributed by atoms with Crippen LogP contribution in [0.5, 0.6) is 0 Å². The Morgan fingerprint density at radius 1 is 1.36 bits per heavy atom. The molecule has 2 aliphatic heterocycles. The van der Waals surface area contributed by atoms with Crippen molar-refractivity contribution < 1.29 is 13.9 Å². The quantitative estimate of drug-likeness (QED) is 0.716. The van der Waals surface area contributed by atoms with Crippen LogP contribution < -0.4 is 4.90 Å². The average molecular weight is 344 g/mol. The third-order valence-corrected chi connectivity index (χ3v) is 6.52. The predicted octanol–water partition coefficient (Wildman–Crippen LogP) is 4.20. The Morgan fingerprint density at radius 2 is 2.16 bits per heavy atom. The molecule has 0 radical (unpaired) electrons. The van der Waals surface area contributed by atoms with Crippen LogP contribution in [0.4, 0.5) is 14.9 Å². The molecule has 0 unspecified atom stereocenters. The third-order valence-electron chi connectivity index (χ3n) is 6.52. The first kappa shape index (κ1) is 16.4. The fourth-order valence-corrected chi connectivity index (χ4v) is 5.59. The summed E-state index contributed by atoms with van der Waals surface area (Å²) in [6, 6.07) is 4.99. The number of carbonyl (C=O) groups is 1. The molecule has 2 heterocycles. The van der Waals surface area contributed by atoms with Gasteiger partial charge in [-0.2, -0.15) is 0 Å². The van der Waals surface area contributed by atoms with Crippen LogP contribution in [-0.4, -0.2) is 36.9 Å². The van der Waals surface area contributed by atoms with Gasteiger partial charge in [0.1, 0.15) is 11.5 Å². The molecule has 5 heteroatoms. The largest absolute Gasteiger partial charge is 0.450 e. The first-order chi connectivity index (χ1) is 12.0. The predicted molar refractivity (Wildman–Crippen MR) is 95.2 cm³/mol. The Labute approximate surface area is 148 Å². The molecular weight excluding hydrogens is 319 g/mol. The van der Waals surface area contributed by atoms with Crippen molar-refractivity contribution in [2.24, 2.45) is 0 Å². The Morgan fingerprint density at radius 3 is 2.92 bits per heavy atom. The standard InChI is InChI=1S/C20H25FN2O2/c1-4-25-18(24)23-12-11-19-14(2)7-5-6-10-20(19,23)22(3)17-9-8-15(21)13-16(17)19/h8-9,13H,2,4-7,10-12H2,1,3H3/t19-,20+/m0/s1. The third kappa shape index (κ3) is 1.84. The minimum absolute atomic E-state index is 0.232. The van der Waals surface area contributed by atoms with E-state index in [-0.39, 0.29) is 11.9 Å². The van der Waals surface area contributed by atoms with Gasteiger partial charge < -0.3 is 9.64 Å². The van der Waals surface area contributed by atoms with Crippen molar-refractivity contribution in [1.29, 1.82) is 0 Å². The molecule has 2 fully saturated rings. The topological polar surface area (TPSA) is 32.8 Å². The normalized spacial score (nSPS) is 30.6. The maximum Gasteiger partial charge on any atom is 0.411 e. The lowest BCUT2D eigenvalue weighted by atomic mass is 9.67. The van der Waals surface area contributed by atoms with Gasteiger partial charge in [-0.05, 0) is 62.8 Å². The van der Waals surface area contributed by atoms with Gasteiger partial charge in [-0.15, -0.1) is 0 Å². The Balaban J connectivity index is 1.97. The molecule has 3 aliphatic rings. The van der Waals surface area contributed by atoms with Crippen LogP contribution in [-0.2, 0) is 10.2 Å². The molecule has 1 saturated heterocycles. The van der Waals surface area contributed by atoms with Crippen LogP contribution in [0, 0.1) is 5.82 Å². The number of benzene rings is 1. The number of halogens is 1. The maximum absolute atomic E-state index is 14.2. The van der Waals surface area contributed by atoms with Gasteiger partial charge >= 0.3 is 6.09 Å². The molecule has 4 rings (SSSR count). The van der Waals surface area contributed by atoms with Crippen molar-refractivity contribution >= 4 is 11.8 Å². The van der Waals surface area contributed by atoms with Crippen molar-refractivity contribution in [1.82, 2.24) is 4.90 Å². The number of ether oxygens (including phenoxy) is 1. The van der Waals surface area contributed by atoms with Crippen LogP contribution in [0.2, 0.25) is 0 Å². The minimum Gasteiger partial charge on any atom is -0.450 e. The van der Waals surface area contributed by atoms with Gasteiger partial charge in [-0.1, -0.05) is 12.2 Å². The number of anilines is 1. The fraction of sp³-hybridized carbons (Fsp3) is 0.550. The van der Waals surface area contributed by atoms with E-state index in [9.17, 15) is 9.18 Å². The lowest BCUT2D eigenvalue weighted by molar-refractivity contribution is 0.0581. The van der Waals surface area contributed by atoms with E-state index in [1.165, 1.54) is 6.07 Å². The number of likely N-dealkylation sites (N-methyl/N-ethyl adjacent to an activating group) is 1. The number of carbonyl (C=O) groups excluding carboxylic acids is 1. The molecule has 0 bridgehead atoms. The molecule has 0 aromatic heterocycles. The van der Waals surface area contributed by atoms with Crippen LogP contribution >= 0.6 is 0 Å². The summed E-state index contributed by atoms with van der Waals surface area (Å²) in [5.41, 5.74) is 2.14. The summed E-state index contributed by atoms with van der Waals surface area (Å²) in [4.78, 5) is 16.9. The highest BCUT2D eigenvalue weighted by Gasteiger charge is 2.69. The number of rotatable bonds is 1. The summed E-state index contributed by atoms with van der Waals surface area (Å²) in [6.45, 7) is 7.21. The minimum atomic E-state index is -0.539. The summed E-state index contributed by atoms with van der Waals surface area (Å²) < 4.78 is 19.5. The van der Waals surface area contributed by atoms with Gasteiger partial charge in [0.2, 0.25) is 0 Å². The van der Waals surface area contributed by atoms with E-state index in [2.05, 4.69) is 11.5 Å². The van der Waals surface area contributed by atoms with Crippen molar-refractivity contribution in [3.8, 4) is 0 Å². The first-order valence-electron chi connectivity index (χ1n) is 9.15. The molecule has 1 amide bonds. The maximum atomic E-state index is 14.2. The molecule has 4 nitrogen and oxygen atoms in total. The van der Waals surface area contributed by atoms with Crippen LogP contribution in [0.3, 0.4) is 0 Å². The van der Waals surface area contributed by atoms with E-state index in [1.54, 1.807) is 6.07 Å². The van der Waals surface area contributed by atoms with Gasteiger partial charge in [0.25, 0.3) is 0 Å². The Kier molecular flexibility index (Phi) is 3.60. The van der Waals surface area contributed by atoms with Gasteiger partial charge in [0.05, 0.1) is 12.0 Å². The highest BCUT2D eigenvalue weighted by Crippen LogP contribution is 2.64. The highest BCUT2D eigenvalue weighted by atomic mass is 19.1. The van der Waals surface area contributed by atoms with E-state index in [0.717, 1.165) is 48.9 Å². The van der Waals surface area contributed by atoms with Crippen molar-refractivity contribution in [3.05, 3.63) is 41.7 Å². The summed E-state index contributed by atoms with van der Waals surface area (Å²) in [5, 5.41) is 0. The Bertz CT molecular complexity index is 749. The summed E-state index contributed by atoms with van der Waals surface area (Å²) in [6.07, 6.45) is 4.32. The highest BCUT2D eigenvalue weighted by molar-refractivity contribution is 5.78. The lowest BCUT2D eigenvalue weighted by Gasteiger charge is -2.49. The number of amides is 1. The summed E-state index contributed by atoms with van der Waals surface area (Å²) >= 11 is 0. The molecular formula is C20H25FN2O2. The lowest BCUT2D eigenvalue weighted by Crippen LogP contribution is -2.63. The van der Waals surface area contributed by atoms with Crippen molar-refractivity contribution in [2.45, 2.75) is 50.1 Å². The second kappa shape index (κ2) is 5.48. The van der Waals surface area contributed by atoms with Crippen LogP contribution in [0.1, 0.15) is 44.6 Å².